The van der Waals surface area contributed by atoms with Gasteiger partial charge in [0, 0.05) is 10.9 Å². The fourth-order valence-corrected chi connectivity index (χ4v) is 4.97. The smallest absolute Gasteiger partial charge is 0.271 e. The molecule has 2 unspecified atom stereocenters. The zero-order chi connectivity index (χ0) is 15.7. The van der Waals surface area contributed by atoms with Crippen molar-refractivity contribution in [3.63, 3.8) is 0 Å². The highest BCUT2D eigenvalue weighted by molar-refractivity contribution is 7.94. The molecule has 2 heterocycles. The molecule has 118 valence electrons. The molecule has 1 aromatic heterocycles. The van der Waals surface area contributed by atoms with Gasteiger partial charge in [-0.05, 0) is 44.0 Å². The fourth-order valence-electron chi connectivity index (χ4n) is 2.45. The molecule has 22 heavy (non-hydrogen) atoms. The van der Waals surface area contributed by atoms with E-state index in [0.717, 1.165) is 16.9 Å². The number of anilines is 1. The number of hydrogen-bond acceptors (Lipinski definition) is 5. The van der Waals surface area contributed by atoms with Gasteiger partial charge in [-0.3, -0.25) is 10.1 Å². The number of nitrogens with one attached hydrogen (secondary N) is 3. The summed E-state index contributed by atoms with van der Waals surface area (Å²) < 4.78 is 28.0. The van der Waals surface area contributed by atoms with Gasteiger partial charge in [-0.15, -0.1) is 11.3 Å². The molecule has 0 radical (unpaired) electrons. The lowest BCUT2D eigenvalue weighted by Gasteiger charge is -2.09. The molecule has 1 aliphatic rings. The Morgan fingerprint density at radius 3 is 2.64 bits per heavy atom. The Hall–Kier alpha value is -1.41. The van der Waals surface area contributed by atoms with Crippen molar-refractivity contribution in [2.75, 3.05) is 4.72 Å². The van der Waals surface area contributed by atoms with Crippen LogP contribution in [0.4, 0.5) is 5.69 Å². The van der Waals surface area contributed by atoms with E-state index in [-0.39, 0.29) is 6.04 Å². The first-order valence-corrected chi connectivity index (χ1v) is 9.45. The molecule has 1 aliphatic heterocycles. The molecule has 0 spiro atoms. The predicted octanol–water partition coefficient (Wildman–Crippen LogP) is 2.78. The van der Waals surface area contributed by atoms with Crippen LogP contribution in [0.5, 0.6) is 0 Å². The Labute approximate surface area is 134 Å². The lowest BCUT2D eigenvalue weighted by atomic mass is 10.1. The van der Waals surface area contributed by atoms with E-state index in [0.29, 0.717) is 15.9 Å². The first-order chi connectivity index (χ1) is 10.5. The van der Waals surface area contributed by atoms with Crippen molar-refractivity contribution >= 4 is 27.0 Å². The summed E-state index contributed by atoms with van der Waals surface area (Å²) in [7, 11) is -3.54. The first kappa shape index (κ1) is 15.5. The van der Waals surface area contributed by atoms with E-state index >= 15 is 0 Å². The molecule has 5 nitrogen and oxygen atoms in total. The van der Waals surface area contributed by atoms with Gasteiger partial charge in [-0.2, -0.15) is 0 Å². The Bertz CT molecular complexity index is 771. The van der Waals surface area contributed by atoms with Crippen LogP contribution in [0.25, 0.3) is 0 Å². The van der Waals surface area contributed by atoms with Crippen LogP contribution in [-0.4, -0.2) is 14.5 Å². The summed E-state index contributed by atoms with van der Waals surface area (Å²) >= 11 is 1.31. The number of aryl methyl sites for hydroxylation is 1. The Kier molecular flexibility index (Phi) is 4.22. The topological polar surface area (TPSA) is 70.2 Å². The van der Waals surface area contributed by atoms with Gasteiger partial charge in [0.25, 0.3) is 10.0 Å². The Morgan fingerprint density at radius 2 is 1.95 bits per heavy atom. The van der Waals surface area contributed by atoms with Crippen molar-refractivity contribution in [2.24, 2.45) is 0 Å². The molecule has 2 aromatic rings. The summed E-state index contributed by atoms with van der Waals surface area (Å²) in [5.41, 5.74) is 7.86. The van der Waals surface area contributed by atoms with E-state index in [2.05, 4.69) is 22.5 Å². The van der Waals surface area contributed by atoms with E-state index in [9.17, 15) is 8.42 Å². The van der Waals surface area contributed by atoms with Gasteiger partial charge in [-0.25, -0.2) is 13.8 Å². The average Bonchev–Trinajstić information content (AvgIpc) is 3.10. The molecule has 0 saturated carbocycles. The van der Waals surface area contributed by atoms with Crippen molar-refractivity contribution in [1.82, 2.24) is 10.9 Å². The van der Waals surface area contributed by atoms with Crippen LogP contribution in [0.2, 0.25) is 0 Å². The van der Waals surface area contributed by atoms with Crippen LogP contribution < -0.4 is 15.6 Å². The number of sulfonamides is 1. The number of benzene rings is 1. The summed E-state index contributed by atoms with van der Waals surface area (Å²) in [5, 5.41) is 0. The maximum absolute atomic E-state index is 12.5. The fraction of sp³-hybridized carbons (Fsp3) is 0.333. The Morgan fingerprint density at radius 1 is 1.18 bits per heavy atom. The standard InChI is InChI=1S/C15H19N3O2S2/c1-10-5-3-4-6-12(10)18-22(19,20)15-8-7-14(21-15)13-9-11(2)16-17-13/h3-8,11,13,16-18H,9H2,1-2H3. The van der Waals surface area contributed by atoms with Crippen molar-refractivity contribution in [1.29, 1.82) is 0 Å². The van der Waals surface area contributed by atoms with Gasteiger partial charge in [-0.1, -0.05) is 18.2 Å². The van der Waals surface area contributed by atoms with Crippen molar-refractivity contribution in [2.45, 2.75) is 36.6 Å². The van der Waals surface area contributed by atoms with Crippen LogP contribution >= 0.6 is 11.3 Å². The maximum atomic E-state index is 12.5. The van der Waals surface area contributed by atoms with Crippen LogP contribution in [0.3, 0.4) is 0 Å². The average molecular weight is 337 g/mol. The predicted molar refractivity (Wildman–Crippen MR) is 89.4 cm³/mol. The third kappa shape index (κ3) is 3.17. The number of para-hydroxylation sites is 1. The van der Waals surface area contributed by atoms with Gasteiger partial charge in [0.15, 0.2) is 0 Å². The minimum absolute atomic E-state index is 0.169. The SMILES string of the molecule is Cc1ccccc1NS(=O)(=O)c1ccc(C2CC(C)NN2)s1. The summed E-state index contributed by atoms with van der Waals surface area (Å²) in [6.45, 7) is 3.98. The van der Waals surface area contributed by atoms with E-state index in [4.69, 9.17) is 0 Å². The van der Waals surface area contributed by atoms with Gasteiger partial charge < -0.3 is 0 Å². The highest BCUT2D eigenvalue weighted by Crippen LogP contribution is 2.32. The lowest BCUT2D eigenvalue weighted by molar-refractivity contribution is 0.564. The molecule has 2 atom stereocenters. The lowest BCUT2D eigenvalue weighted by Crippen LogP contribution is -2.28. The molecule has 1 saturated heterocycles. The minimum atomic E-state index is -3.54. The highest BCUT2D eigenvalue weighted by Gasteiger charge is 2.25. The third-order valence-electron chi connectivity index (χ3n) is 3.69. The van der Waals surface area contributed by atoms with Crippen LogP contribution in [0.1, 0.15) is 29.8 Å². The first-order valence-electron chi connectivity index (χ1n) is 7.15. The van der Waals surface area contributed by atoms with Crippen LogP contribution in [-0.2, 0) is 10.0 Å². The van der Waals surface area contributed by atoms with Crippen LogP contribution in [0, 0.1) is 6.92 Å². The number of thiophene rings is 1. The second-order valence-electron chi connectivity index (χ2n) is 5.56. The molecule has 1 fully saturated rings. The van der Waals surface area contributed by atoms with Gasteiger partial charge in [0.2, 0.25) is 0 Å². The molecule has 3 rings (SSSR count). The molecule has 0 amide bonds. The van der Waals surface area contributed by atoms with E-state index in [1.165, 1.54) is 11.3 Å². The maximum Gasteiger partial charge on any atom is 0.271 e. The molecule has 1 aromatic carbocycles. The van der Waals surface area contributed by atoms with Crippen molar-refractivity contribution in [3.8, 4) is 0 Å². The zero-order valence-electron chi connectivity index (χ0n) is 12.5. The normalized spacial score (nSPS) is 21.9. The highest BCUT2D eigenvalue weighted by atomic mass is 32.2. The van der Waals surface area contributed by atoms with Crippen molar-refractivity contribution in [3.05, 3.63) is 46.8 Å². The number of rotatable bonds is 4. The quantitative estimate of drug-likeness (QED) is 0.802. The minimum Gasteiger partial charge on any atom is -0.279 e. The molecule has 7 heteroatoms. The molecular weight excluding hydrogens is 318 g/mol. The molecular formula is C15H19N3O2S2. The number of hydrogen-bond donors (Lipinski definition) is 3. The van der Waals surface area contributed by atoms with Crippen molar-refractivity contribution < 1.29 is 8.42 Å². The summed E-state index contributed by atoms with van der Waals surface area (Å²) in [6, 6.07) is 11.5. The second-order valence-corrected chi connectivity index (χ2v) is 8.58. The zero-order valence-corrected chi connectivity index (χ0v) is 14.1. The largest absolute Gasteiger partial charge is 0.279 e. The second kappa shape index (κ2) is 6.00. The summed E-state index contributed by atoms with van der Waals surface area (Å²) in [6.07, 6.45) is 0.950. The molecule has 3 N–H and O–H groups in total. The Balaban J connectivity index is 1.81. The third-order valence-corrected chi connectivity index (χ3v) is 6.75. The van der Waals surface area contributed by atoms with E-state index in [1.54, 1.807) is 12.1 Å². The molecule has 0 bridgehead atoms. The monoisotopic (exact) mass is 337 g/mol. The van der Waals surface area contributed by atoms with Gasteiger partial charge >= 0.3 is 0 Å². The molecule has 0 aliphatic carbocycles. The summed E-state index contributed by atoms with van der Waals surface area (Å²) in [4.78, 5) is 1.03. The van der Waals surface area contributed by atoms with E-state index < -0.39 is 10.0 Å². The summed E-state index contributed by atoms with van der Waals surface area (Å²) in [5.74, 6) is 0. The van der Waals surface area contributed by atoms with E-state index in [1.807, 2.05) is 31.2 Å². The van der Waals surface area contributed by atoms with Gasteiger partial charge in [0.1, 0.15) is 4.21 Å². The number of hydrazine groups is 1. The van der Waals surface area contributed by atoms with Gasteiger partial charge in [0.05, 0.1) is 11.7 Å². The van der Waals surface area contributed by atoms with Crippen LogP contribution in [0.15, 0.2) is 40.6 Å².